The first-order valence-corrected chi connectivity index (χ1v) is 6.09. The first kappa shape index (κ1) is 11.5. The van der Waals surface area contributed by atoms with Crippen LogP contribution >= 0.6 is 0 Å². The molecule has 1 saturated carbocycles. The van der Waals surface area contributed by atoms with E-state index in [-0.39, 0.29) is 5.91 Å². The van der Waals surface area contributed by atoms with E-state index in [9.17, 15) is 4.79 Å². The van der Waals surface area contributed by atoms with E-state index in [0.717, 1.165) is 25.3 Å². The van der Waals surface area contributed by atoms with Gasteiger partial charge in [0, 0.05) is 13.0 Å². The molecule has 2 heteroatoms. The molecule has 1 rings (SSSR count). The van der Waals surface area contributed by atoms with Crippen LogP contribution < -0.4 is 5.32 Å². The third-order valence-electron chi connectivity index (χ3n) is 2.79. The fourth-order valence-corrected chi connectivity index (χ4v) is 1.56. The fraction of sp³-hybridized carbons (Fsp3) is 0.917. The zero-order valence-corrected chi connectivity index (χ0v) is 9.35. The van der Waals surface area contributed by atoms with E-state index in [4.69, 9.17) is 0 Å². The maximum absolute atomic E-state index is 11.3. The van der Waals surface area contributed by atoms with Gasteiger partial charge in [0.25, 0.3) is 0 Å². The summed E-state index contributed by atoms with van der Waals surface area (Å²) in [6.07, 6.45) is 9.51. The fourth-order valence-electron chi connectivity index (χ4n) is 1.56. The monoisotopic (exact) mass is 197 g/mol. The van der Waals surface area contributed by atoms with Crippen LogP contribution in [0.15, 0.2) is 0 Å². The molecule has 1 aliphatic carbocycles. The Hall–Kier alpha value is -0.530. The number of unbranched alkanes of at least 4 members (excludes halogenated alkanes) is 4. The summed E-state index contributed by atoms with van der Waals surface area (Å²) >= 11 is 0. The molecule has 1 N–H and O–H groups in total. The predicted molar refractivity (Wildman–Crippen MR) is 59.1 cm³/mol. The van der Waals surface area contributed by atoms with Crippen LogP contribution in [0, 0.1) is 5.92 Å². The predicted octanol–water partition coefficient (Wildman–Crippen LogP) is 2.87. The van der Waals surface area contributed by atoms with Crippen molar-refractivity contribution in [2.75, 3.05) is 6.54 Å². The minimum Gasteiger partial charge on any atom is -0.356 e. The van der Waals surface area contributed by atoms with E-state index in [1.54, 1.807) is 0 Å². The molecular weight excluding hydrogens is 174 g/mol. The minimum absolute atomic E-state index is 0.258. The average molecular weight is 197 g/mol. The molecule has 1 fully saturated rings. The summed E-state index contributed by atoms with van der Waals surface area (Å²) in [7, 11) is 0. The van der Waals surface area contributed by atoms with Crippen molar-refractivity contribution in [3.05, 3.63) is 0 Å². The Kier molecular flexibility index (Phi) is 5.65. The number of carbonyl (C=O) groups is 1. The van der Waals surface area contributed by atoms with Gasteiger partial charge in [0.05, 0.1) is 0 Å². The molecule has 82 valence electrons. The lowest BCUT2D eigenvalue weighted by molar-refractivity contribution is -0.121. The van der Waals surface area contributed by atoms with Crippen molar-refractivity contribution in [3.8, 4) is 0 Å². The lowest BCUT2D eigenvalue weighted by Gasteiger charge is -2.03. The first-order valence-electron chi connectivity index (χ1n) is 6.09. The summed E-state index contributed by atoms with van der Waals surface area (Å²) in [5.74, 6) is 1.06. The third kappa shape index (κ3) is 6.01. The van der Waals surface area contributed by atoms with Crippen molar-refractivity contribution in [2.45, 2.75) is 58.3 Å². The molecule has 2 nitrogen and oxygen atoms in total. The van der Waals surface area contributed by atoms with Crippen LogP contribution in [0.2, 0.25) is 0 Å². The number of carbonyl (C=O) groups excluding carboxylic acids is 1. The molecule has 0 heterocycles. The Morgan fingerprint density at radius 1 is 1.21 bits per heavy atom. The largest absolute Gasteiger partial charge is 0.356 e. The molecule has 0 aliphatic heterocycles. The Morgan fingerprint density at radius 2 is 1.93 bits per heavy atom. The molecule has 0 spiro atoms. The smallest absolute Gasteiger partial charge is 0.220 e. The van der Waals surface area contributed by atoms with E-state index in [1.807, 2.05) is 0 Å². The number of hydrogen-bond donors (Lipinski definition) is 1. The van der Waals surface area contributed by atoms with Crippen molar-refractivity contribution in [2.24, 2.45) is 5.92 Å². The van der Waals surface area contributed by atoms with Crippen molar-refractivity contribution in [1.82, 2.24) is 5.32 Å². The van der Waals surface area contributed by atoms with Crippen LogP contribution in [-0.4, -0.2) is 12.5 Å². The van der Waals surface area contributed by atoms with E-state index in [2.05, 4.69) is 12.2 Å². The van der Waals surface area contributed by atoms with Crippen molar-refractivity contribution in [3.63, 3.8) is 0 Å². The maximum atomic E-state index is 11.3. The van der Waals surface area contributed by atoms with Gasteiger partial charge < -0.3 is 5.32 Å². The third-order valence-corrected chi connectivity index (χ3v) is 2.79. The molecule has 14 heavy (non-hydrogen) atoms. The van der Waals surface area contributed by atoms with Crippen molar-refractivity contribution in [1.29, 1.82) is 0 Å². The molecule has 0 bridgehead atoms. The van der Waals surface area contributed by atoms with Crippen LogP contribution in [-0.2, 0) is 4.79 Å². The highest BCUT2D eigenvalue weighted by Crippen LogP contribution is 2.27. The Labute approximate surface area is 87.5 Å². The summed E-state index contributed by atoms with van der Waals surface area (Å²) < 4.78 is 0. The molecule has 0 aromatic rings. The van der Waals surface area contributed by atoms with Gasteiger partial charge in [0.1, 0.15) is 0 Å². The molecule has 0 saturated heterocycles. The van der Waals surface area contributed by atoms with Gasteiger partial charge >= 0.3 is 0 Å². The number of hydrogen-bond acceptors (Lipinski definition) is 1. The summed E-state index contributed by atoms with van der Waals surface area (Å²) in [5.41, 5.74) is 0. The summed E-state index contributed by atoms with van der Waals surface area (Å²) in [6.45, 7) is 3.14. The van der Waals surface area contributed by atoms with Gasteiger partial charge in [-0.2, -0.15) is 0 Å². The molecule has 0 unspecified atom stereocenters. The molecule has 0 radical (unpaired) electrons. The van der Waals surface area contributed by atoms with Crippen LogP contribution in [0.25, 0.3) is 0 Å². The highest BCUT2D eigenvalue weighted by Gasteiger charge is 2.21. The second-order valence-electron chi connectivity index (χ2n) is 4.41. The van der Waals surface area contributed by atoms with Crippen LogP contribution in [0.3, 0.4) is 0 Å². The lowest BCUT2D eigenvalue weighted by atomic mass is 10.1. The van der Waals surface area contributed by atoms with Crippen molar-refractivity contribution >= 4 is 5.91 Å². The van der Waals surface area contributed by atoms with Gasteiger partial charge in [-0.05, 0) is 25.2 Å². The molecule has 1 amide bonds. The summed E-state index contributed by atoms with van der Waals surface area (Å²) in [6, 6.07) is 0. The Bertz CT molecular complexity index is 164. The molecule has 0 aromatic carbocycles. The standard InChI is InChI=1S/C12H23NO/c1-2-3-4-5-6-7-12(14)13-10-11-8-9-11/h11H,2-10H2,1H3,(H,13,14). The van der Waals surface area contributed by atoms with Gasteiger partial charge in [-0.3, -0.25) is 4.79 Å². The van der Waals surface area contributed by atoms with Gasteiger partial charge in [0.15, 0.2) is 0 Å². The van der Waals surface area contributed by atoms with Crippen LogP contribution in [0.4, 0.5) is 0 Å². The van der Waals surface area contributed by atoms with Gasteiger partial charge in [-0.25, -0.2) is 0 Å². The average Bonchev–Trinajstić information content (AvgIpc) is 2.98. The van der Waals surface area contributed by atoms with Gasteiger partial charge in [-0.1, -0.05) is 32.6 Å². The summed E-state index contributed by atoms with van der Waals surface area (Å²) in [5, 5.41) is 3.00. The first-order chi connectivity index (χ1) is 6.83. The zero-order valence-electron chi connectivity index (χ0n) is 9.35. The zero-order chi connectivity index (χ0) is 10.2. The highest BCUT2D eigenvalue weighted by atomic mass is 16.1. The second-order valence-corrected chi connectivity index (χ2v) is 4.41. The molecule has 0 atom stereocenters. The Morgan fingerprint density at radius 3 is 2.57 bits per heavy atom. The number of nitrogens with one attached hydrogen (secondary N) is 1. The highest BCUT2D eigenvalue weighted by molar-refractivity contribution is 5.75. The number of amides is 1. The van der Waals surface area contributed by atoms with Gasteiger partial charge in [0.2, 0.25) is 5.91 Å². The van der Waals surface area contributed by atoms with E-state index in [1.165, 1.54) is 38.5 Å². The van der Waals surface area contributed by atoms with Crippen LogP contribution in [0.5, 0.6) is 0 Å². The molecule has 0 aromatic heterocycles. The van der Waals surface area contributed by atoms with E-state index >= 15 is 0 Å². The SMILES string of the molecule is CCCCCCCC(=O)NCC1CC1. The summed E-state index contributed by atoms with van der Waals surface area (Å²) in [4.78, 5) is 11.3. The molecular formula is C12H23NO. The molecule has 1 aliphatic rings. The second kappa shape index (κ2) is 6.86. The quantitative estimate of drug-likeness (QED) is 0.596. The normalized spacial score (nSPS) is 15.5. The van der Waals surface area contributed by atoms with Crippen LogP contribution in [0.1, 0.15) is 58.3 Å². The van der Waals surface area contributed by atoms with E-state index < -0.39 is 0 Å². The number of rotatable bonds is 8. The topological polar surface area (TPSA) is 29.1 Å². The van der Waals surface area contributed by atoms with E-state index in [0.29, 0.717) is 0 Å². The van der Waals surface area contributed by atoms with Gasteiger partial charge in [-0.15, -0.1) is 0 Å². The Balaban J connectivity index is 1.81. The lowest BCUT2D eigenvalue weighted by Crippen LogP contribution is -2.25. The maximum Gasteiger partial charge on any atom is 0.220 e. The minimum atomic E-state index is 0.258. The van der Waals surface area contributed by atoms with Crippen molar-refractivity contribution < 1.29 is 4.79 Å².